The topological polar surface area (TPSA) is 23.5 Å². The number of hydrogen-bond acceptors (Lipinski definition) is 2. The van der Waals surface area contributed by atoms with E-state index in [0.29, 0.717) is 0 Å². The van der Waals surface area contributed by atoms with Gasteiger partial charge in [-0.3, -0.25) is 4.90 Å². The fourth-order valence-electron chi connectivity index (χ4n) is 1.27. The molecule has 1 N–H and O–H groups in total. The minimum Gasteiger partial charge on any atom is -0.388 e. The van der Waals surface area contributed by atoms with E-state index in [1.54, 1.807) is 0 Å². The molecular weight excluding hydrogens is 194 g/mol. The van der Waals surface area contributed by atoms with Gasteiger partial charge in [-0.1, -0.05) is 22.5 Å². The van der Waals surface area contributed by atoms with Crippen LogP contribution < -0.4 is 0 Å². The molecule has 0 spiro atoms. The van der Waals surface area contributed by atoms with E-state index in [-0.39, 0.29) is 0 Å². The Hall–Kier alpha value is 0.140. The summed E-state index contributed by atoms with van der Waals surface area (Å²) in [7, 11) is 0. The van der Waals surface area contributed by atoms with E-state index < -0.39 is 5.60 Å². The van der Waals surface area contributed by atoms with Crippen molar-refractivity contribution in [3.05, 3.63) is 11.1 Å². The normalized spacial score (nSPS) is 23.9. The lowest BCUT2D eigenvalue weighted by Gasteiger charge is -2.44. The second-order valence-electron chi connectivity index (χ2n) is 3.16. The summed E-state index contributed by atoms with van der Waals surface area (Å²) in [5.41, 5.74) is -0.456. The van der Waals surface area contributed by atoms with Crippen LogP contribution in [0.5, 0.6) is 0 Å². The van der Waals surface area contributed by atoms with Gasteiger partial charge in [0.15, 0.2) is 0 Å². The summed E-state index contributed by atoms with van der Waals surface area (Å²) in [6.45, 7) is 7.93. The van der Waals surface area contributed by atoms with Crippen LogP contribution in [0.15, 0.2) is 11.1 Å². The first-order valence-electron chi connectivity index (χ1n) is 3.28. The zero-order valence-corrected chi connectivity index (χ0v) is 7.69. The van der Waals surface area contributed by atoms with Crippen LogP contribution in [-0.2, 0) is 0 Å². The lowest BCUT2D eigenvalue weighted by molar-refractivity contribution is -0.0780. The molecule has 1 heterocycles. The first-order chi connectivity index (χ1) is 4.49. The number of β-amino-alcohol motifs (C(OH)–C–C–N with tert-alkyl or cyclic N) is 1. The van der Waals surface area contributed by atoms with E-state index >= 15 is 0 Å². The average Bonchev–Trinajstić information content (AvgIpc) is 1.57. The first-order valence-corrected chi connectivity index (χ1v) is 4.07. The van der Waals surface area contributed by atoms with Crippen molar-refractivity contribution in [3.8, 4) is 0 Å². The van der Waals surface area contributed by atoms with Crippen molar-refractivity contribution in [2.24, 2.45) is 0 Å². The molecule has 10 heavy (non-hydrogen) atoms. The molecule has 1 rings (SSSR count). The molecule has 2 nitrogen and oxygen atoms in total. The average molecular weight is 206 g/mol. The van der Waals surface area contributed by atoms with Crippen LogP contribution in [0.25, 0.3) is 0 Å². The minimum absolute atomic E-state index is 0.456. The molecule has 1 saturated heterocycles. The Morgan fingerprint density at radius 1 is 1.80 bits per heavy atom. The molecule has 0 radical (unpaired) electrons. The lowest BCUT2D eigenvalue weighted by atomic mass is 9.97. The van der Waals surface area contributed by atoms with Gasteiger partial charge in [0.2, 0.25) is 0 Å². The molecular formula is C7H12BrNO. The predicted molar refractivity (Wildman–Crippen MR) is 45.1 cm³/mol. The maximum Gasteiger partial charge on any atom is 0.0872 e. The fraction of sp³-hybridized carbons (Fsp3) is 0.714. The molecule has 1 aliphatic rings. The van der Waals surface area contributed by atoms with Crippen molar-refractivity contribution < 1.29 is 5.11 Å². The van der Waals surface area contributed by atoms with Crippen LogP contribution in [0.3, 0.4) is 0 Å². The van der Waals surface area contributed by atoms with Gasteiger partial charge in [-0.15, -0.1) is 0 Å². The second-order valence-corrected chi connectivity index (χ2v) is 4.28. The molecule has 0 aromatic heterocycles. The van der Waals surface area contributed by atoms with E-state index in [9.17, 15) is 5.11 Å². The molecule has 58 valence electrons. The Kier molecular flexibility index (Phi) is 2.18. The monoisotopic (exact) mass is 205 g/mol. The zero-order chi connectivity index (χ0) is 7.78. The molecule has 0 aliphatic carbocycles. The van der Waals surface area contributed by atoms with Gasteiger partial charge in [0.05, 0.1) is 5.60 Å². The summed E-state index contributed by atoms with van der Waals surface area (Å²) in [5, 5.41) is 9.31. The maximum atomic E-state index is 9.31. The van der Waals surface area contributed by atoms with Crippen LogP contribution in [0.4, 0.5) is 0 Å². The summed E-state index contributed by atoms with van der Waals surface area (Å²) in [6, 6.07) is 0. The highest BCUT2D eigenvalue weighted by atomic mass is 79.9. The van der Waals surface area contributed by atoms with Gasteiger partial charge in [-0.2, -0.15) is 0 Å². The number of halogens is 1. The third kappa shape index (κ3) is 2.08. The SMILES string of the molecule is C=C(Br)CN1CC(C)(O)C1. The molecule has 1 aliphatic heterocycles. The quantitative estimate of drug-likeness (QED) is 0.727. The number of hydrogen-bond donors (Lipinski definition) is 1. The van der Waals surface area contributed by atoms with E-state index in [4.69, 9.17) is 0 Å². The van der Waals surface area contributed by atoms with Crippen molar-refractivity contribution in [3.63, 3.8) is 0 Å². The Balaban J connectivity index is 2.21. The molecule has 0 amide bonds. The highest BCUT2D eigenvalue weighted by Gasteiger charge is 2.35. The summed E-state index contributed by atoms with van der Waals surface area (Å²) in [4.78, 5) is 2.14. The second kappa shape index (κ2) is 2.64. The Labute approximate surface area is 69.7 Å². The fourth-order valence-corrected chi connectivity index (χ4v) is 1.63. The molecule has 3 heteroatoms. The summed E-state index contributed by atoms with van der Waals surface area (Å²) in [5.74, 6) is 0. The van der Waals surface area contributed by atoms with E-state index in [0.717, 1.165) is 24.1 Å². The largest absolute Gasteiger partial charge is 0.388 e. The molecule has 0 unspecified atom stereocenters. The third-order valence-corrected chi connectivity index (χ3v) is 1.77. The molecule has 1 fully saturated rings. The number of nitrogens with zero attached hydrogens (tertiary/aromatic N) is 1. The van der Waals surface area contributed by atoms with Crippen molar-refractivity contribution in [2.45, 2.75) is 12.5 Å². The number of rotatable bonds is 2. The standard InChI is InChI=1S/C7H12BrNO/c1-6(8)3-9-4-7(2,10)5-9/h10H,1,3-5H2,2H3. The molecule has 0 aromatic carbocycles. The summed E-state index contributed by atoms with van der Waals surface area (Å²) in [6.07, 6.45) is 0. The van der Waals surface area contributed by atoms with Crippen LogP contribution in [0.2, 0.25) is 0 Å². The van der Waals surface area contributed by atoms with Gasteiger partial charge in [0.25, 0.3) is 0 Å². The maximum absolute atomic E-state index is 9.31. The summed E-state index contributed by atoms with van der Waals surface area (Å²) >= 11 is 3.27. The molecule has 0 saturated carbocycles. The van der Waals surface area contributed by atoms with Crippen molar-refractivity contribution >= 4 is 15.9 Å². The molecule has 0 atom stereocenters. The van der Waals surface area contributed by atoms with Crippen molar-refractivity contribution in [2.75, 3.05) is 19.6 Å². The van der Waals surface area contributed by atoms with Crippen LogP contribution in [0, 0.1) is 0 Å². The predicted octanol–water partition coefficient (Wildman–Crippen LogP) is 0.962. The van der Waals surface area contributed by atoms with Crippen LogP contribution in [0.1, 0.15) is 6.92 Å². The van der Waals surface area contributed by atoms with Crippen molar-refractivity contribution in [1.82, 2.24) is 4.90 Å². The highest BCUT2D eigenvalue weighted by Crippen LogP contribution is 2.21. The van der Waals surface area contributed by atoms with Crippen LogP contribution in [-0.4, -0.2) is 35.2 Å². The van der Waals surface area contributed by atoms with Crippen molar-refractivity contribution in [1.29, 1.82) is 0 Å². The lowest BCUT2D eigenvalue weighted by Crippen LogP contribution is -2.59. The zero-order valence-electron chi connectivity index (χ0n) is 6.10. The number of likely N-dealkylation sites (tertiary alicyclic amines) is 1. The Morgan fingerprint density at radius 2 is 2.30 bits per heavy atom. The molecule has 0 bridgehead atoms. The van der Waals surface area contributed by atoms with Gasteiger partial charge < -0.3 is 5.11 Å². The highest BCUT2D eigenvalue weighted by molar-refractivity contribution is 9.11. The Morgan fingerprint density at radius 3 is 2.60 bits per heavy atom. The van der Waals surface area contributed by atoms with E-state index in [1.165, 1.54) is 0 Å². The van der Waals surface area contributed by atoms with Gasteiger partial charge in [-0.25, -0.2) is 0 Å². The molecule has 0 aromatic rings. The van der Waals surface area contributed by atoms with Gasteiger partial charge in [0, 0.05) is 24.1 Å². The van der Waals surface area contributed by atoms with E-state index in [2.05, 4.69) is 27.4 Å². The minimum atomic E-state index is -0.456. The van der Waals surface area contributed by atoms with E-state index in [1.807, 2.05) is 6.92 Å². The first kappa shape index (κ1) is 8.24. The van der Waals surface area contributed by atoms with Gasteiger partial charge >= 0.3 is 0 Å². The Bertz CT molecular complexity index is 148. The summed E-state index contributed by atoms with van der Waals surface area (Å²) < 4.78 is 0.975. The third-order valence-electron chi connectivity index (χ3n) is 1.52. The van der Waals surface area contributed by atoms with Gasteiger partial charge in [-0.05, 0) is 6.92 Å². The van der Waals surface area contributed by atoms with Gasteiger partial charge in [0.1, 0.15) is 0 Å². The van der Waals surface area contributed by atoms with Crippen LogP contribution >= 0.6 is 15.9 Å². The number of aliphatic hydroxyl groups is 1. The smallest absolute Gasteiger partial charge is 0.0872 e.